The van der Waals surface area contributed by atoms with Crippen molar-refractivity contribution in [2.45, 2.75) is 52.0 Å². The summed E-state index contributed by atoms with van der Waals surface area (Å²) in [5, 5.41) is 7.81. The quantitative estimate of drug-likeness (QED) is 0.756. The van der Waals surface area contributed by atoms with Gasteiger partial charge in [0.2, 0.25) is 15.9 Å². The molecular formula is C18H25N5O5S. The van der Waals surface area contributed by atoms with E-state index in [9.17, 15) is 13.2 Å². The Hall–Kier alpha value is -2.27. The van der Waals surface area contributed by atoms with E-state index in [1.165, 1.54) is 0 Å². The number of carbonyl (C=O) groups excluding carboxylic acids is 1. The van der Waals surface area contributed by atoms with Gasteiger partial charge in [-0.2, -0.15) is 4.98 Å². The minimum Gasteiger partial charge on any atom is -0.361 e. The van der Waals surface area contributed by atoms with Gasteiger partial charge in [-0.1, -0.05) is 10.3 Å². The fourth-order valence-electron chi connectivity index (χ4n) is 4.73. The summed E-state index contributed by atoms with van der Waals surface area (Å²) in [6, 6.07) is -0.228. The zero-order valence-electron chi connectivity index (χ0n) is 16.9. The van der Waals surface area contributed by atoms with Gasteiger partial charge in [0.1, 0.15) is 11.3 Å². The van der Waals surface area contributed by atoms with E-state index in [1.54, 1.807) is 32.6 Å². The van der Waals surface area contributed by atoms with Crippen molar-refractivity contribution >= 4 is 15.9 Å². The zero-order chi connectivity index (χ0) is 21.0. The molecule has 3 atom stereocenters. The number of carbonyl (C=O) groups is 1. The van der Waals surface area contributed by atoms with E-state index in [1.807, 2.05) is 0 Å². The second kappa shape index (κ2) is 6.91. The standard InChI is InChI=1S/C18H25N5O5S/c1-5-29(25,26)22-14-6-13-8-23(16(24)15-10(2)20-27-11(15)3)9-18(13,7-14)17-19-12(4)21-28-17/h13-14,22H,5-9H2,1-4H3/t13-,14+,18-/m0/s1. The van der Waals surface area contributed by atoms with Crippen LogP contribution >= 0.6 is 0 Å². The molecule has 1 amide bonds. The number of fused-ring (bicyclic) bond motifs is 1. The number of rotatable bonds is 5. The number of aromatic nitrogens is 3. The highest BCUT2D eigenvalue weighted by atomic mass is 32.2. The number of sulfonamides is 1. The Morgan fingerprint density at radius 2 is 2.03 bits per heavy atom. The zero-order valence-corrected chi connectivity index (χ0v) is 17.7. The fourth-order valence-corrected chi connectivity index (χ4v) is 5.58. The number of hydrogen-bond donors (Lipinski definition) is 1. The minimum atomic E-state index is -3.33. The highest BCUT2D eigenvalue weighted by Gasteiger charge is 2.58. The van der Waals surface area contributed by atoms with Crippen molar-refractivity contribution in [3.05, 3.63) is 28.7 Å². The monoisotopic (exact) mass is 423 g/mol. The van der Waals surface area contributed by atoms with Crippen molar-refractivity contribution in [2.75, 3.05) is 18.8 Å². The average Bonchev–Trinajstić information content (AvgIpc) is 3.38. The number of likely N-dealkylation sites (tertiary alicyclic amines) is 1. The maximum Gasteiger partial charge on any atom is 0.259 e. The largest absolute Gasteiger partial charge is 0.361 e. The van der Waals surface area contributed by atoms with Crippen LogP contribution in [-0.4, -0.2) is 59.4 Å². The number of aryl methyl sites for hydroxylation is 3. The molecule has 2 aromatic heterocycles. The second-order valence-corrected chi connectivity index (χ2v) is 10.1. The summed E-state index contributed by atoms with van der Waals surface area (Å²) in [5.41, 5.74) is 0.461. The van der Waals surface area contributed by atoms with Gasteiger partial charge in [0, 0.05) is 19.1 Å². The van der Waals surface area contributed by atoms with Gasteiger partial charge in [0.15, 0.2) is 5.82 Å². The van der Waals surface area contributed by atoms with E-state index in [4.69, 9.17) is 9.05 Å². The molecule has 1 aliphatic carbocycles. The summed E-state index contributed by atoms with van der Waals surface area (Å²) in [6.07, 6.45) is 1.11. The summed E-state index contributed by atoms with van der Waals surface area (Å²) in [4.78, 5) is 19.4. The van der Waals surface area contributed by atoms with Crippen LogP contribution in [0.4, 0.5) is 0 Å². The molecule has 1 saturated carbocycles. The molecule has 0 radical (unpaired) electrons. The molecule has 0 spiro atoms. The third kappa shape index (κ3) is 3.35. The van der Waals surface area contributed by atoms with Crippen LogP contribution in [0.25, 0.3) is 0 Å². The number of nitrogens with zero attached hydrogens (tertiary/aromatic N) is 4. The molecule has 158 valence electrons. The summed E-state index contributed by atoms with van der Waals surface area (Å²) in [7, 11) is -3.33. The number of nitrogens with one attached hydrogen (secondary N) is 1. The molecule has 2 aromatic rings. The fraction of sp³-hybridized carbons (Fsp3) is 0.667. The van der Waals surface area contributed by atoms with E-state index in [-0.39, 0.29) is 23.6 Å². The van der Waals surface area contributed by atoms with Gasteiger partial charge in [-0.3, -0.25) is 4.79 Å². The van der Waals surface area contributed by atoms with Crippen molar-refractivity contribution in [1.82, 2.24) is 24.9 Å². The average molecular weight is 423 g/mol. The summed E-state index contributed by atoms with van der Waals surface area (Å²) in [5.74, 6) is 1.36. The van der Waals surface area contributed by atoms with Crippen molar-refractivity contribution in [3.8, 4) is 0 Å². The molecule has 1 aliphatic heterocycles. The first-order chi connectivity index (χ1) is 13.6. The predicted octanol–water partition coefficient (Wildman–Crippen LogP) is 1.09. The second-order valence-electron chi connectivity index (χ2n) is 8.04. The molecule has 3 heterocycles. The van der Waals surface area contributed by atoms with Crippen LogP contribution in [0.15, 0.2) is 9.05 Å². The predicted molar refractivity (Wildman–Crippen MR) is 102 cm³/mol. The third-order valence-corrected chi connectivity index (χ3v) is 7.54. The highest BCUT2D eigenvalue weighted by molar-refractivity contribution is 7.89. The first-order valence-electron chi connectivity index (χ1n) is 9.68. The van der Waals surface area contributed by atoms with Crippen LogP contribution in [0.2, 0.25) is 0 Å². The van der Waals surface area contributed by atoms with Crippen molar-refractivity contribution < 1.29 is 22.3 Å². The Morgan fingerprint density at radius 3 is 2.62 bits per heavy atom. The lowest BCUT2D eigenvalue weighted by molar-refractivity contribution is 0.0771. The Balaban J connectivity index is 1.64. The van der Waals surface area contributed by atoms with Gasteiger partial charge in [-0.25, -0.2) is 13.1 Å². The molecule has 1 saturated heterocycles. The molecule has 1 N–H and O–H groups in total. The molecule has 29 heavy (non-hydrogen) atoms. The maximum atomic E-state index is 13.2. The Kier molecular flexibility index (Phi) is 4.77. The molecule has 2 fully saturated rings. The highest BCUT2D eigenvalue weighted by Crippen LogP contribution is 2.50. The van der Waals surface area contributed by atoms with Gasteiger partial charge in [-0.05, 0) is 46.5 Å². The third-order valence-electron chi connectivity index (χ3n) is 6.09. The SMILES string of the molecule is CCS(=O)(=O)N[C@@H]1C[C@H]2CN(C(=O)c3c(C)noc3C)C[C@@]2(c2nc(C)no2)C1. The Morgan fingerprint density at radius 1 is 1.28 bits per heavy atom. The topological polar surface area (TPSA) is 131 Å². The Bertz CT molecular complexity index is 1030. The Labute approximate surface area is 169 Å². The molecule has 2 aliphatic rings. The molecule has 11 heteroatoms. The van der Waals surface area contributed by atoms with Gasteiger partial charge in [0.05, 0.1) is 16.9 Å². The lowest BCUT2D eigenvalue weighted by Gasteiger charge is -2.25. The summed E-state index contributed by atoms with van der Waals surface area (Å²) < 4.78 is 37.6. The molecule has 4 rings (SSSR count). The van der Waals surface area contributed by atoms with E-state index in [0.717, 1.165) is 0 Å². The van der Waals surface area contributed by atoms with Crippen LogP contribution in [0.3, 0.4) is 0 Å². The van der Waals surface area contributed by atoms with Gasteiger partial charge in [0.25, 0.3) is 5.91 Å². The van der Waals surface area contributed by atoms with Crippen LogP contribution in [-0.2, 0) is 15.4 Å². The van der Waals surface area contributed by atoms with E-state index in [2.05, 4.69) is 20.0 Å². The lowest BCUT2D eigenvalue weighted by atomic mass is 9.80. The number of hydrogen-bond acceptors (Lipinski definition) is 8. The van der Waals surface area contributed by atoms with Crippen molar-refractivity contribution in [2.24, 2.45) is 5.92 Å². The van der Waals surface area contributed by atoms with Crippen molar-refractivity contribution in [3.63, 3.8) is 0 Å². The molecule has 0 bridgehead atoms. The van der Waals surface area contributed by atoms with Crippen LogP contribution in [0.5, 0.6) is 0 Å². The maximum absolute atomic E-state index is 13.2. The van der Waals surface area contributed by atoms with E-state index < -0.39 is 15.4 Å². The minimum absolute atomic E-state index is 0.0105. The summed E-state index contributed by atoms with van der Waals surface area (Å²) >= 11 is 0. The van der Waals surface area contributed by atoms with Crippen LogP contribution in [0.1, 0.15) is 53.3 Å². The molecule has 0 aromatic carbocycles. The molecule has 10 nitrogen and oxygen atoms in total. The normalized spacial score (nSPS) is 26.8. The number of amides is 1. The van der Waals surface area contributed by atoms with Gasteiger partial charge in [-0.15, -0.1) is 0 Å². The van der Waals surface area contributed by atoms with E-state index >= 15 is 0 Å². The van der Waals surface area contributed by atoms with Gasteiger partial charge < -0.3 is 13.9 Å². The van der Waals surface area contributed by atoms with Crippen LogP contribution in [0, 0.1) is 26.7 Å². The first-order valence-corrected chi connectivity index (χ1v) is 11.3. The molecule has 0 unspecified atom stereocenters. The smallest absolute Gasteiger partial charge is 0.259 e. The van der Waals surface area contributed by atoms with Gasteiger partial charge >= 0.3 is 0 Å². The summed E-state index contributed by atoms with van der Waals surface area (Å²) in [6.45, 7) is 7.68. The molecular weight excluding hydrogens is 398 g/mol. The van der Waals surface area contributed by atoms with Crippen LogP contribution < -0.4 is 4.72 Å². The van der Waals surface area contributed by atoms with Crippen molar-refractivity contribution in [1.29, 1.82) is 0 Å². The van der Waals surface area contributed by atoms with E-state index in [0.29, 0.717) is 54.7 Å². The first kappa shape index (κ1) is 20.0. The lowest BCUT2D eigenvalue weighted by Crippen LogP contribution is -2.40.